The Morgan fingerprint density at radius 3 is 2.27 bits per heavy atom. The maximum Gasteiger partial charge on any atom is 0.214 e. The zero-order chi connectivity index (χ0) is 19.2. The fourth-order valence-electron chi connectivity index (χ4n) is 4.25. The molecule has 0 amide bonds. The van der Waals surface area contributed by atoms with E-state index in [-0.39, 0.29) is 5.90 Å². The average molecular weight is 413 g/mol. The van der Waals surface area contributed by atoms with Crippen LogP contribution in [0.3, 0.4) is 0 Å². The van der Waals surface area contributed by atoms with Crippen LogP contribution in [0.5, 0.6) is 0 Å². The van der Waals surface area contributed by atoms with Crippen LogP contribution in [0, 0.1) is 56.2 Å². The average Bonchev–Trinajstić information content (AvgIpc) is 2.79. The van der Waals surface area contributed by atoms with Crippen LogP contribution in [0.15, 0.2) is 28.7 Å². The smallest absolute Gasteiger partial charge is 0.214 e. The number of ether oxygens (including phenoxy) is 2. The van der Waals surface area contributed by atoms with E-state index in [9.17, 15) is 15.8 Å². The van der Waals surface area contributed by atoms with Gasteiger partial charge in [0.25, 0.3) is 0 Å². The zero-order valence-corrected chi connectivity index (χ0v) is 16.0. The fourth-order valence-corrected chi connectivity index (χ4v) is 4.52. The van der Waals surface area contributed by atoms with E-state index in [0.717, 1.165) is 4.47 Å². The largest absolute Gasteiger partial charge is 0.448 e. The van der Waals surface area contributed by atoms with Gasteiger partial charge in [0.05, 0.1) is 24.1 Å². The summed E-state index contributed by atoms with van der Waals surface area (Å²) < 4.78 is 12.7. The number of nitriles is 3. The molecule has 132 valence electrons. The van der Waals surface area contributed by atoms with Gasteiger partial charge < -0.3 is 9.47 Å². The lowest BCUT2D eigenvalue weighted by molar-refractivity contribution is -0.273. The van der Waals surface area contributed by atoms with E-state index in [2.05, 4.69) is 22.0 Å². The van der Waals surface area contributed by atoms with Crippen LogP contribution in [0.25, 0.3) is 0 Å². The molecule has 0 aliphatic carbocycles. The SMILES string of the molecule is CCCC1C2(C)OC(=N)C1(C#N)C(C#N)(C#N)C(c1ccc(Br)cc1)O2. The van der Waals surface area contributed by atoms with Gasteiger partial charge in [-0.2, -0.15) is 15.8 Å². The van der Waals surface area contributed by atoms with Crippen molar-refractivity contribution < 1.29 is 9.47 Å². The van der Waals surface area contributed by atoms with Crippen LogP contribution in [0.4, 0.5) is 0 Å². The van der Waals surface area contributed by atoms with Crippen LogP contribution in [0.2, 0.25) is 0 Å². The van der Waals surface area contributed by atoms with Crippen LogP contribution < -0.4 is 0 Å². The highest BCUT2D eigenvalue weighted by Gasteiger charge is 2.78. The van der Waals surface area contributed by atoms with Gasteiger partial charge >= 0.3 is 0 Å². The van der Waals surface area contributed by atoms with Crippen molar-refractivity contribution >= 4 is 21.8 Å². The van der Waals surface area contributed by atoms with Crippen molar-refractivity contribution in [3.8, 4) is 18.2 Å². The highest BCUT2D eigenvalue weighted by Crippen LogP contribution is 2.67. The predicted molar refractivity (Wildman–Crippen MR) is 95.3 cm³/mol. The van der Waals surface area contributed by atoms with E-state index >= 15 is 0 Å². The Bertz CT molecular complexity index is 865. The summed E-state index contributed by atoms with van der Waals surface area (Å²) in [6.45, 7) is 3.63. The van der Waals surface area contributed by atoms with Gasteiger partial charge in [-0.3, -0.25) is 5.41 Å². The molecule has 0 aromatic heterocycles. The van der Waals surface area contributed by atoms with Gasteiger partial charge in [-0.05, 0) is 24.1 Å². The topological polar surface area (TPSA) is 114 Å². The van der Waals surface area contributed by atoms with Crippen LogP contribution in [-0.2, 0) is 9.47 Å². The molecule has 0 spiro atoms. The number of nitrogens with one attached hydrogen (secondary N) is 1. The van der Waals surface area contributed by atoms with E-state index in [1.54, 1.807) is 31.2 Å². The van der Waals surface area contributed by atoms with E-state index in [4.69, 9.17) is 14.9 Å². The molecule has 1 aromatic carbocycles. The van der Waals surface area contributed by atoms with Gasteiger partial charge in [0.15, 0.2) is 5.41 Å². The molecule has 1 aromatic rings. The van der Waals surface area contributed by atoms with E-state index in [1.807, 2.05) is 19.1 Å². The molecule has 3 rings (SSSR count). The number of benzene rings is 1. The second-order valence-corrected chi connectivity index (χ2v) is 7.70. The van der Waals surface area contributed by atoms with Crippen molar-refractivity contribution in [1.29, 1.82) is 21.2 Å². The lowest BCUT2D eigenvalue weighted by Gasteiger charge is -2.48. The summed E-state index contributed by atoms with van der Waals surface area (Å²) in [4.78, 5) is 0. The minimum atomic E-state index is -1.89. The van der Waals surface area contributed by atoms with Gasteiger partial charge in [0.1, 0.15) is 6.10 Å². The maximum atomic E-state index is 10.1. The first kappa shape index (κ1) is 18.4. The van der Waals surface area contributed by atoms with Crippen LogP contribution >= 0.6 is 15.9 Å². The number of hydrogen-bond acceptors (Lipinski definition) is 6. The normalized spacial score (nSPS) is 34.2. The van der Waals surface area contributed by atoms with E-state index in [0.29, 0.717) is 18.4 Å². The highest BCUT2D eigenvalue weighted by atomic mass is 79.9. The number of rotatable bonds is 3. The number of fused-ring (bicyclic) bond motifs is 2. The maximum absolute atomic E-state index is 10.1. The molecule has 6 nitrogen and oxygen atoms in total. The number of hydrogen-bond donors (Lipinski definition) is 1. The molecule has 4 unspecified atom stereocenters. The van der Waals surface area contributed by atoms with Gasteiger partial charge in [0.2, 0.25) is 17.1 Å². The van der Waals surface area contributed by atoms with Crippen molar-refractivity contribution in [1.82, 2.24) is 0 Å². The van der Waals surface area contributed by atoms with Gasteiger partial charge in [-0.15, -0.1) is 0 Å². The second-order valence-electron chi connectivity index (χ2n) is 6.79. The van der Waals surface area contributed by atoms with E-state index < -0.39 is 28.6 Å². The summed E-state index contributed by atoms with van der Waals surface area (Å²) in [7, 11) is 0. The molecular formula is C19H17BrN4O2. The fraction of sp³-hybridized carbons (Fsp3) is 0.474. The first-order valence-corrected chi connectivity index (χ1v) is 9.09. The zero-order valence-electron chi connectivity index (χ0n) is 14.4. The Labute approximate surface area is 160 Å². The first-order valence-electron chi connectivity index (χ1n) is 8.30. The van der Waals surface area contributed by atoms with Crippen molar-refractivity contribution in [2.75, 3.05) is 0 Å². The molecule has 0 saturated carbocycles. The van der Waals surface area contributed by atoms with E-state index in [1.165, 1.54) is 0 Å². The summed E-state index contributed by atoms with van der Waals surface area (Å²) in [5.41, 5.74) is -2.98. The number of halogens is 1. The molecule has 4 atom stereocenters. The minimum absolute atomic E-state index is 0.358. The number of nitrogens with zero attached hydrogens (tertiary/aromatic N) is 3. The molecule has 2 aliphatic rings. The Morgan fingerprint density at radius 1 is 1.15 bits per heavy atom. The Balaban J connectivity index is 2.30. The lowest BCUT2D eigenvalue weighted by atomic mass is 9.53. The monoisotopic (exact) mass is 412 g/mol. The summed E-state index contributed by atoms with van der Waals surface area (Å²) in [5.74, 6) is -2.18. The first-order chi connectivity index (χ1) is 12.3. The Hall–Kier alpha value is -2.40. The molecule has 2 aliphatic heterocycles. The third-order valence-corrected chi connectivity index (χ3v) is 5.99. The third-order valence-electron chi connectivity index (χ3n) is 5.46. The highest BCUT2D eigenvalue weighted by molar-refractivity contribution is 9.10. The summed E-state index contributed by atoms with van der Waals surface area (Å²) in [6, 6.07) is 13.3. The molecular weight excluding hydrogens is 396 g/mol. The van der Waals surface area contributed by atoms with Crippen molar-refractivity contribution in [2.45, 2.75) is 38.6 Å². The molecule has 2 fully saturated rings. The summed E-state index contributed by atoms with van der Waals surface area (Å²) in [5, 5.41) is 38.6. The van der Waals surface area contributed by atoms with Crippen molar-refractivity contribution in [2.24, 2.45) is 16.7 Å². The summed E-state index contributed by atoms with van der Waals surface area (Å²) in [6.07, 6.45) is 0.204. The minimum Gasteiger partial charge on any atom is -0.448 e. The molecule has 2 bridgehead atoms. The summed E-state index contributed by atoms with van der Waals surface area (Å²) >= 11 is 3.36. The molecule has 1 N–H and O–H groups in total. The molecule has 2 saturated heterocycles. The second kappa shape index (κ2) is 6.09. The standard InChI is InChI=1S/C19H17BrN4O2/c1-3-4-14-17(2)25-15(12-5-7-13(20)8-6-12)18(9-21,10-22)19(14,11-23)16(24)26-17/h5-8,14-15,24H,3-4H2,1-2H3. The predicted octanol–water partition coefficient (Wildman–Crippen LogP) is 4.20. The molecule has 7 heteroatoms. The van der Waals surface area contributed by atoms with Crippen molar-refractivity contribution in [3.63, 3.8) is 0 Å². The van der Waals surface area contributed by atoms with Crippen LogP contribution in [-0.4, -0.2) is 11.7 Å². The quantitative estimate of drug-likeness (QED) is 0.798. The Kier molecular flexibility index (Phi) is 4.31. The molecule has 26 heavy (non-hydrogen) atoms. The van der Waals surface area contributed by atoms with Crippen molar-refractivity contribution in [3.05, 3.63) is 34.3 Å². The third kappa shape index (κ3) is 2.07. The van der Waals surface area contributed by atoms with Gasteiger partial charge in [-0.25, -0.2) is 0 Å². The molecule has 0 radical (unpaired) electrons. The molecule has 2 heterocycles. The van der Waals surface area contributed by atoms with Crippen LogP contribution in [0.1, 0.15) is 38.4 Å². The lowest BCUT2D eigenvalue weighted by Crippen LogP contribution is -2.58. The van der Waals surface area contributed by atoms with Gasteiger partial charge in [0, 0.05) is 11.4 Å². The Morgan fingerprint density at radius 2 is 1.77 bits per heavy atom. The van der Waals surface area contributed by atoms with Gasteiger partial charge in [-0.1, -0.05) is 41.4 Å².